The molecule has 1 aliphatic carbocycles. The maximum atomic E-state index is 13.6. The Kier molecular flexibility index (Phi) is 7.22. The lowest BCUT2D eigenvalue weighted by molar-refractivity contribution is -0.124. The van der Waals surface area contributed by atoms with E-state index in [0.717, 1.165) is 36.8 Å². The van der Waals surface area contributed by atoms with E-state index in [4.69, 9.17) is 17.2 Å². The number of hydrogen-bond acceptors (Lipinski definition) is 7. The van der Waals surface area contributed by atoms with Crippen LogP contribution in [-0.2, 0) is 4.79 Å². The summed E-state index contributed by atoms with van der Waals surface area (Å²) < 4.78 is 2.03. The Labute approximate surface area is 219 Å². The van der Waals surface area contributed by atoms with Crippen molar-refractivity contribution in [1.82, 2.24) is 14.3 Å². The number of aliphatic hydroxyl groups excluding tert-OH is 1. The Morgan fingerprint density at radius 3 is 2.67 bits per heavy atom. The smallest absolute Gasteiger partial charge is 0.267 e. The third-order valence-electron chi connectivity index (χ3n) is 6.77. The fourth-order valence-electron chi connectivity index (χ4n) is 4.83. The Bertz CT molecular complexity index is 1400. The van der Waals surface area contributed by atoms with Crippen LogP contribution in [0.15, 0.2) is 58.4 Å². The standard InChI is InChI=1S/C27H28N4O3S2/c1-17-9-8-14-30-24(17)29-23(28-16-21(32)18-10-4-2-5-11-18)20(25(30)33)15-22-26(34)31(27(35)36-22)19-12-6-3-7-13-19/h2,4-5,8-11,14-15,19,21,28,32H,3,6-7,12-13,16H2,1H3/b22-15-. The van der Waals surface area contributed by atoms with E-state index in [1.165, 1.54) is 22.6 Å². The highest BCUT2D eigenvalue weighted by atomic mass is 32.2. The highest BCUT2D eigenvalue weighted by Gasteiger charge is 2.37. The maximum absolute atomic E-state index is 13.6. The molecule has 0 bridgehead atoms. The van der Waals surface area contributed by atoms with E-state index in [2.05, 4.69) is 5.32 Å². The number of rotatable bonds is 6. The molecule has 2 aromatic heterocycles. The Morgan fingerprint density at radius 2 is 1.92 bits per heavy atom. The number of aromatic nitrogens is 2. The van der Waals surface area contributed by atoms with Crippen LogP contribution in [0.25, 0.3) is 11.7 Å². The van der Waals surface area contributed by atoms with Gasteiger partial charge in [-0.05, 0) is 43.0 Å². The predicted octanol–water partition coefficient (Wildman–Crippen LogP) is 4.68. The van der Waals surface area contributed by atoms with Crippen LogP contribution in [0.1, 0.15) is 54.9 Å². The molecule has 0 spiro atoms. The number of fused-ring (bicyclic) bond motifs is 1. The quantitative estimate of drug-likeness (QED) is 0.360. The topological polar surface area (TPSA) is 86.9 Å². The number of hydrogen-bond donors (Lipinski definition) is 2. The Morgan fingerprint density at radius 1 is 1.17 bits per heavy atom. The second-order valence-corrected chi connectivity index (χ2v) is 10.9. The van der Waals surface area contributed by atoms with Gasteiger partial charge in [-0.3, -0.25) is 18.9 Å². The Hall–Kier alpha value is -3.01. The number of anilines is 1. The van der Waals surface area contributed by atoms with Crippen LogP contribution in [0.4, 0.5) is 5.82 Å². The monoisotopic (exact) mass is 520 g/mol. The van der Waals surface area contributed by atoms with Gasteiger partial charge in [0.1, 0.15) is 15.8 Å². The Balaban J connectivity index is 1.52. The van der Waals surface area contributed by atoms with Gasteiger partial charge in [-0.15, -0.1) is 0 Å². The third kappa shape index (κ3) is 4.83. The number of benzene rings is 1. The first kappa shape index (κ1) is 24.7. The summed E-state index contributed by atoms with van der Waals surface area (Å²) in [7, 11) is 0. The molecule has 1 atom stereocenters. The largest absolute Gasteiger partial charge is 0.387 e. The van der Waals surface area contributed by atoms with Crippen molar-refractivity contribution in [3.63, 3.8) is 0 Å². The molecule has 2 fully saturated rings. The average Bonchev–Trinajstić information content (AvgIpc) is 3.18. The zero-order valence-corrected chi connectivity index (χ0v) is 21.6. The lowest BCUT2D eigenvalue weighted by Gasteiger charge is -2.29. The van der Waals surface area contributed by atoms with Gasteiger partial charge in [-0.1, -0.05) is 79.6 Å². The number of thiocarbonyl (C=S) groups is 1. The van der Waals surface area contributed by atoms with E-state index < -0.39 is 6.10 Å². The van der Waals surface area contributed by atoms with E-state index >= 15 is 0 Å². The second kappa shape index (κ2) is 10.5. The van der Waals surface area contributed by atoms with E-state index in [0.29, 0.717) is 20.7 Å². The molecule has 5 rings (SSSR count). The molecular weight excluding hydrogens is 492 g/mol. The molecule has 9 heteroatoms. The molecule has 0 radical (unpaired) electrons. The van der Waals surface area contributed by atoms with Crippen LogP contribution in [0, 0.1) is 6.92 Å². The summed E-state index contributed by atoms with van der Waals surface area (Å²) in [5, 5.41) is 13.8. The summed E-state index contributed by atoms with van der Waals surface area (Å²) in [4.78, 5) is 33.8. The van der Waals surface area contributed by atoms with Crippen LogP contribution >= 0.6 is 24.0 Å². The number of aliphatic hydroxyl groups is 1. The zero-order chi connectivity index (χ0) is 25.2. The average molecular weight is 521 g/mol. The van der Waals surface area contributed by atoms with Gasteiger partial charge in [-0.2, -0.15) is 0 Å². The molecule has 1 amide bonds. The van der Waals surface area contributed by atoms with Crippen LogP contribution in [0.3, 0.4) is 0 Å². The number of pyridine rings is 1. The molecule has 2 N–H and O–H groups in total. The minimum absolute atomic E-state index is 0.120. The molecule has 186 valence electrons. The fraction of sp³-hybridized carbons (Fsp3) is 0.333. The normalized spacial score (nSPS) is 18.8. The number of carbonyl (C=O) groups is 1. The van der Waals surface area contributed by atoms with Gasteiger partial charge in [0.05, 0.1) is 16.6 Å². The van der Waals surface area contributed by atoms with E-state index in [1.54, 1.807) is 23.2 Å². The van der Waals surface area contributed by atoms with Gasteiger partial charge in [0.2, 0.25) is 0 Å². The molecule has 1 saturated carbocycles. The van der Waals surface area contributed by atoms with Gasteiger partial charge in [-0.25, -0.2) is 4.98 Å². The minimum Gasteiger partial charge on any atom is -0.387 e. The summed E-state index contributed by atoms with van der Waals surface area (Å²) in [6.45, 7) is 2.04. The van der Waals surface area contributed by atoms with E-state index in [-0.39, 0.29) is 29.6 Å². The van der Waals surface area contributed by atoms with Crippen molar-refractivity contribution in [3.8, 4) is 0 Å². The molecule has 3 aromatic rings. The van der Waals surface area contributed by atoms with Crippen molar-refractivity contribution in [2.75, 3.05) is 11.9 Å². The van der Waals surface area contributed by atoms with Crippen LogP contribution < -0.4 is 10.9 Å². The van der Waals surface area contributed by atoms with Gasteiger partial charge in [0, 0.05) is 18.8 Å². The molecule has 1 unspecified atom stereocenters. The molecule has 1 saturated heterocycles. The molecule has 1 aromatic carbocycles. The highest BCUT2D eigenvalue weighted by molar-refractivity contribution is 8.26. The van der Waals surface area contributed by atoms with Crippen LogP contribution in [0.5, 0.6) is 0 Å². The third-order valence-corrected chi connectivity index (χ3v) is 8.10. The van der Waals surface area contributed by atoms with Gasteiger partial charge in [0.25, 0.3) is 11.5 Å². The lowest BCUT2D eigenvalue weighted by atomic mass is 9.94. The van der Waals surface area contributed by atoms with Crippen molar-refractivity contribution < 1.29 is 9.90 Å². The first-order chi connectivity index (χ1) is 17.4. The lowest BCUT2D eigenvalue weighted by Crippen LogP contribution is -2.39. The van der Waals surface area contributed by atoms with Crippen molar-refractivity contribution in [2.24, 2.45) is 0 Å². The number of aryl methyl sites for hydroxylation is 1. The number of nitrogens with zero attached hydrogens (tertiary/aromatic N) is 3. The number of amides is 1. The van der Waals surface area contributed by atoms with Crippen LogP contribution in [0.2, 0.25) is 0 Å². The number of thioether (sulfide) groups is 1. The van der Waals surface area contributed by atoms with Crippen molar-refractivity contribution in [3.05, 3.63) is 80.6 Å². The number of carbonyl (C=O) groups excluding carboxylic acids is 1. The van der Waals surface area contributed by atoms with Crippen LogP contribution in [-0.4, -0.2) is 42.2 Å². The summed E-state index contributed by atoms with van der Waals surface area (Å²) in [5.41, 5.74) is 2.10. The summed E-state index contributed by atoms with van der Waals surface area (Å²) in [6.07, 6.45) is 7.74. The highest BCUT2D eigenvalue weighted by Crippen LogP contribution is 2.37. The summed E-state index contributed by atoms with van der Waals surface area (Å²) >= 11 is 6.80. The first-order valence-electron chi connectivity index (χ1n) is 12.2. The van der Waals surface area contributed by atoms with Gasteiger partial charge in [0.15, 0.2) is 0 Å². The first-order valence-corrected chi connectivity index (χ1v) is 13.4. The summed E-state index contributed by atoms with van der Waals surface area (Å²) in [6, 6.07) is 13.1. The molecule has 2 aliphatic rings. The van der Waals surface area contributed by atoms with E-state index in [9.17, 15) is 14.7 Å². The number of nitrogens with one attached hydrogen (secondary N) is 1. The maximum Gasteiger partial charge on any atom is 0.267 e. The van der Waals surface area contributed by atoms with Gasteiger partial charge < -0.3 is 10.4 Å². The molecule has 7 nitrogen and oxygen atoms in total. The predicted molar refractivity (Wildman–Crippen MR) is 148 cm³/mol. The van der Waals surface area contributed by atoms with Crippen molar-refractivity contribution in [2.45, 2.75) is 51.2 Å². The molecular formula is C27H28N4O3S2. The second-order valence-electron chi connectivity index (χ2n) is 9.21. The molecule has 1 aliphatic heterocycles. The van der Waals surface area contributed by atoms with E-state index in [1.807, 2.05) is 43.3 Å². The molecule has 3 heterocycles. The molecule has 36 heavy (non-hydrogen) atoms. The van der Waals surface area contributed by atoms with Crippen molar-refractivity contribution in [1.29, 1.82) is 0 Å². The van der Waals surface area contributed by atoms with Gasteiger partial charge >= 0.3 is 0 Å². The minimum atomic E-state index is -0.791. The SMILES string of the molecule is Cc1cccn2c(=O)c(/C=C3\SC(=S)N(C4CCCCC4)C3=O)c(NCC(O)c3ccccc3)nc12. The zero-order valence-electron chi connectivity index (χ0n) is 20.0. The van der Waals surface area contributed by atoms with Crippen molar-refractivity contribution >= 4 is 51.7 Å². The fourth-order valence-corrected chi connectivity index (χ4v) is 6.21. The summed E-state index contributed by atoms with van der Waals surface area (Å²) in [5.74, 6) is 0.174.